The monoisotopic (exact) mass is 253 g/mol. The number of nitrogens with zero attached hydrogens (tertiary/aromatic N) is 3. The van der Waals surface area contributed by atoms with E-state index in [0.29, 0.717) is 23.3 Å². The molecule has 0 saturated carbocycles. The number of fused-ring (bicyclic) bond motifs is 2. The highest BCUT2D eigenvalue weighted by molar-refractivity contribution is 6.20. The molecule has 1 aromatic heterocycles. The van der Waals surface area contributed by atoms with Gasteiger partial charge in [0.25, 0.3) is 0 Å². The Labute approximate surface area is 106 Å². The largest absolute Gasteiger partial charge is 0.481 e. The van der Waals surface area contributed by atoms with Gasteiger partial charge in [0.1, 0.15) is 0 Å². The first-order chi connectivity index (χ1) is 8.28. The van der Waals surface area contributed by atoms with Gasteiger partial charge in [0.2, 0.25) is 11.8 Å². The Morgan fingerprint density at radius 2 is 2.06 bits per heavy atom. The molecule has 0 aromatic carbocycles. The highest BCUT2D eigenvalue weighted by atomic mass is 35.5. The Morgan fingerprint density at radius 3 is 2.71 bits per heavy atom. The molecular formula is C12H16ClN3O. The highest BCUT2D eigenvalue weighted by Crippen LogP contribution is 2.39. The van der Waals surface area contributed by atoms with Gasteiger partial charge in [0.05, 0.1) is 7.11 Å². The maximum atomic E-state index is 6.27. The number of hydrogen-bond acceptors (Lipinski definition) is 4. The lowest BCUT2D eigenvalue weighted by Gasteiger charge is -2.36. The average Bonchev–Trinajstić information content (AvgIpc) is 2.62. The number of halogens is 1. The molecule has 0 N–H and O–H groups in total. The minimum Gasteiger partial charge on any atom is -0.481 e. The Balaban J connectivity index is 1.89. The molecule has 3 heterocycles. The van der Waals surface area contributed by atoms with Crippen LogP contribution in [0.2, 0.25) is 0 Å². The highest BCUT2D eigenvalue weighted by Gasteiger charge is 2.41. The molecule has 2 saturated heterocycles. The van der Waals surface area contributed by atoms with Crippen molar-refractivity contribution in [3.05, 3.63) is 12.3 Å². The third-order valence-electron chi connectivity index (χ3n) is 3.73. The SMILES string of the molecule is COc1ccnc(N2C3CCC2CC(Cl)C3)n1. The summed E-state index contributed by atoms with van der Waals surface area (Å²) < 4.78 is 5.15. The summed E-state index contributed by atoms with van der Waals surface area (Å²) in [7, 11) is 1.63. The van der Waals surface area contributed by atoms with E-state index < -0.39 is 0 Å². The van der Waals surface area contributed by atoms with Crippen molar-refractivity contribution >= 4 is 17.5 Å². The lowest BCUT2D eigenvalue weighted by atomic mass is 10.0. The lowest BCUT2D eigenvalue weighted by molar-refractivity contribution is 0.393. The average molecular weight is 254 g/mol. The second-order valence-electron chi connectivity index (χ2n) is 4.76. The van der Waals surface area contributed by atoms with E-state index in [4.69, 9.17) is 16.3 Å². The third kappa shape index (κ3) is 1.95. The fourth-order valence-corrected chi connectivity index (χ4v) is 3.42. The number of aromatic nitrogens is 2. The quantitative estimate of drug-likeness (QED) is 0.758. The van der Waals surface area contributed by atoms with Gasteiger partial charge in [-0.15, -0.1) is 11.6 Å². The van der Waals surface area contributed by atoms with Crippen LogP contribution in [0.4, 0.5) is 5.95 Å². The van der Waals surface area contributed by atoms with E-state index in [-0.39, 0.29) is 0 Å². The Kier molecular flexibility index (Phi) is 2.82. The van der Waals surface area contributed by atoms with Crippen molar-refractivity contribution in [2.45, 2.75) is 43.1 Å². The van der Waals surface area contributed by atoms with Crippen LogP contribution < -0.4 is 9.64 Å². The number of methoxy groups -OCH3 is 1. The summed E-state index contributed by atoms with van der Waals surface area (Å²) >= 11 is 6.27. The molecular weight excluding hydrogens is 238 g/mol. The molecule has 2 bridgehead atoms. The third-order valence-corrected chi connectivity index (χ3v) is 4.09. The zero-order valence-corrected chi connectivity index (χ0v) is 10.6. The van der Waals surface area contributed by atoms with Crippen LogP contribution in [-0.2, 0) is 0 Å². The standard InChI is InChI=1S/C12H16ClN3O/c1-17-11-4-5-14-12(15-11)16-9-2-3-10(16)7-8(13)6-9/h4-5,8-10H,2-3,6-7H2,1H3. The van der Waals surface area contributed by atoms with E-state index in [1.165, 1.54) is 12.8 Å². The van der Waals surface area contributed by atoms with Gasteiger partial charge in [0, 0.05) is 29.7 Å². The zero-order chi connectivity index (χ0) is 11.8. The van der Waals surface area contributed by atoms with E-state index in [9.17, 15) is 0 Å². The van der Waals surface area contributed by atoms with Crippen molar-refractivity contribution in [3.63, 3.8) is 0 Å². The molecule has 2 unspecified atom stereocenters. The van der Waals surface area contributed by atoms with Crippen LogP contribution >= 0.6 is 11.6 Å². The zero-order valence-electron chi connectivity index (χ0n) is 9.84. The summed E-state index contributed by atoms with van der Waals surface area (Å²) in [5, 5.41) is 0.314. The van der Waals surface area contributed by atoms with Gasteiger partial charge in [-0.25, -0.2) is 4.98 Å². The minimum absolute atomic E-state index is 0.314. The predicted molar refractivity (Wildman–Crippen MR) is 66.7 cm³/mol. The van der Waals surface area contributed by atoms with Crippen LogP contribution in [0, 0.1) is 0 Å². The first-order valence-corrected chi connectivity index (χ1v) is 6.51. The maximum Gasteiger partial charge on any atom is 0.229 e. The van der Waals surface area contributed by atoms with E-state index in [2.05, 4.69) is 14.9 Å². The second-order valence-corrected chi connectivity index (χ2v) is 5.38. The fraction of sp³-hybridized carbons (Fsp3) is 0.667. The van der Waals surface area contributed by atoms with Crippen LogP contribution in [0.1, 0.15) is 25.7 Å². The molecule has 2 aliphatic heterocycles. The molecule has 0 radical (unpaired) electrons. The van der Waals surface area contributed by atoms with Gasteiger partial charge in [-0.1, -0.05) is 0 Å². The first-order valence-electron chi connectivity index (χ1n) is 6.07. The van der Waals surface area contributed by atoms with Crippen molar-refractivity contribution in [3.8, 4) is 5.88 Å². The first kappa shape index (κ1) is 11.1. The van der Waals surface area contributed by atoms with E-state index in [0.717, 1.165) is 18.8 Å². The van der Waals surface area contributed by atoms with Gasteiger partial charge in [-0.2, -0.15) is 4.98 Å². The van der Waals surface area contributed by atoms with Gasteiger partial charge < -0.3 is 9.64 Å². The Morgan fingerprint density at radius 1 is 1.35 bits per heavy atom. The van der Waals surface area contributed by atoms with Crippen LogP contribution in [0.3, 0.4) is 0 Å². The predicted octanol–water partition coefficient (Wildman–Crippen LogP) is 2.22. The molecule has 2 aliphatic rings. The van der Waals surface area contributed by atoms with Crippen LogP contribution in [0.15, 0.2) is 12.3 Å². The maximum absolute atomic E-state index is 6.27. The fourth-order valence-electron chi connectivity index (χ4n) is 3.01. The smallest absolute Gasteiger partial charge is 0.229 e. The number of alkyl halides is 1. The van der Waals surface area contributed by atoms with Crippen molar-refractivity contribution < 1.29 is 4.74 Å². The summed E-state index contributed by atoms with van der Waals surface area (Å²) in [6.45, 7) is 0. The molecule has 0 spiro atoms. The summed E-state index contributed by atoms with van der Waals surface area (Å²) in [6.07, 6.45) is 6.24. The van der Waals surface area contributed by atoms with E-state index in [1.807, 2.05) is 0 Å². The molecule has 4 nitrogen and oxygen atoms in total. The molecule has 1 aromatic rings. The second kappa shape index (κ2) is 4.33. The van der Waals surface area contributed by atoms with Gasteiger partial charge >= 0.3 is 0 Å². The van der Waals surface area contributed by atoms with E-state index in [1.54, 1.807) is 19.4 Å². The summed E-state index contributed by atoms with van der Waals surface area (Å²) in [4.78, 5) is 11.1. The number of hydrogen-bond donors (Lipinski definition) is 0. The normalized spacial score (nSPS) is 31.6. The van der Waals surface area contributed by atoms with Crippen LogP contribution in [0.25, 0.3) is 0 Å². The summed E-state index contributed by atoms with van der Waals surface area (Å²) in [5.41, 5.74) is 0. The number of anilines is 1. The van der Waals surface area contributed by atoms with Gasteiger partial charge in [-0.05, 0) is 25.7 Å². The molecule has 5 heteroatoms. The Hall–Kier alpha value is -1.03. The lowest BCUT2D eigenvalue weighted by Crippen LogP contribution is -2.44. The van der Waals surface area contributed by atoms with E-state index >= 15 is 0 Å². The molecule has 0 amide bonds. The molecule has 2 fully saturated rings. The Bertz CT molecular complexity index is 400. The number of ether oxygens (including phenoxy) is 1. The topological polar surface area (TPSA) is 38.2 Å². The summed E-state index contributed by atoms with van der Waals surface area (Å²) in [5.74, 6) is 1.42. The number of rotatable bonds is 2. The molecule has 3 rings (SSSR count). The number of piperidine rings is 1. The van der Waals surface area contributed by atoms with Gasteiger partial charge in [0.15, 0.2) is 0 Å². The molecule has 92 valence electrons. The minimum atomic E-state index is 0.314. The van der Waals surface area contributed by atoms with Crippen LogP contribution in [0.5, 0.6) is 5.88 Å². The molecule has 0 aliphatic carbocycles. The summed E-state index contributed by atoms with van der Waals surface area (Å²) in [6, 6.07) is 2.78. The van der Waals surface area contributed by atoms with Gasteiger partial charge in [-0.3, -0.25) is 0 Å². The van der Waals surface area contributed by atoms with Crippen molar-refractivity contribution in [2.75, 3.05) is 12.0 Å². The van der Waals surface area contributed by atoms with Crippen molar-refractivity contribution in [2.24, 2.45) is 0 Å². The molecule has 2 atom stereocenters. The van der Waals surface area contributed by atoms with Crippen molar-refractivity contribution in [1.82, 2.24) is 9.97 Å². The molecule has 17 heavy (non-hydrogen) atoms. The van der Waals surface area contributed by atoms with Crippen molar-refractivity contribution in [1.29, 1.82) is 0 Å². The van der Waals surface area contributed by atoms with Crippen LogP contribution in [-0.4, -0.2) is 34.5 Å².